The zero-order valence-corrected chi connectivity index (χ0v) is 19.4. The van der Waals surface area contributed by atoms with Crippen molar-refractivity contribution in [3.63, 3.8) is 0 Å². The van der Waals surface area contributed by atoms with Crippen LogP contribution in [0.1, 0.15) is 24.6 Å². The van der Waals surface area contributed by atoms with E-state index in [-0.39, 0.29) is 11.7 Å². The lowest BCUT2D eigenvalue weighted by atomic mass is 10.1. The number of benzene rings is 1. The number of thiophene rings is 1. The first kappa shape index (κ1) is 22.4. The third kappa shape index (κ3) is 5.24. The number of carbonyl (C=O) groups is 1. The van der Waals surface area contributed by atoms with Crippen molar-refractivity contribution in [3.05, 3.63) is 52.2 Å². The van der Waals surface area contributed by atoms with Crippen LogP contribution >= 0.6 is 34.7 Å². The minimum absolute atomic E-state index is 0.172. The van der Waals surface area contributed by atoms with Crippen molar-refractivity contribution in [2.45, 2.75) is 31.5 Å². The number of anilines is 1. The van der Waals surface area contributed by atoms with Crippen LogP contribution in [0.2, 0.25) is 5.02 Å². The van der Waals surface area contributed by atoms with E-state index < -0.39 is 0 Å². The molecule has 0 bridgehead atoms. The van der Waals surface area contributed by atoms with Gasteiger partial charge in [0.25, 0.3) is 0 Å². The van der Waals surface area contributed by atoms with Gasteiger partial charge < -0.3 is 10.1 Å². The highest BCUT2D eigenvalue weighted by atomic mass is 35.5. The Balaban J connectivity index is 1.73. The van der Waals surface area contributed by atoms with Crippen LogP contribution in [0.3, 0.4) is 0 Å². The summed E-state index contributed by atoms with van der Waals surface area (Å²) in [5.41, 5.74) is 1.56. The maximum Gasteiger partial charge on any atom is 0.234 e. The molecule has 1 aromatic carbocycles. The molecule has 6 nitrogen and oxygen atoms in total. The van der Waals surface area contributed by atoms with E-state index in [1.54, 1.807) is 42.7 Å². The fourth-order valence-electron chi connectivity index (χ4n) is 2.77. The van der Waals surface area contributed by atoms with Crippen molar-refractivity contribution in [1.82, 2.24) is 14.8 Å². The second kappa shape index (κ2) is 10.1. The summed E-state index contributed by atoms with van der Waals surface area (Å²) in [7, 11) is 1.54. The van der Waals surface area contributed by atoms with Gasteiger partial charge in [-0.2, -0.15) is 0 Å². The predicted molar refractivity (Wildman–Crippen MR) is 125 cm³/mol. The normalized spacial score (nSPS) is 11.0. The molecular weight excluding hydrogens is 440 g/mol. The van der Waals surface area contributed by atoms with Gasteiger partial charge in [0.2, 0.25) is 5.91 Å². The lowest BCUT2D eigenvalue weighted by Gasteiger charge is -2.10. The molecule has 0 fully saturated rings. The number of nitrogens with one attached hydrogen (secondary N) is 1. The molecule has 0 aliphatic heterocycles. The average molecular weight is 463 g/mol. The molecule has 0 saturated carbocycles. The molecule has 0 radical (unpaired) electrons. The number of amides is 1. The number of rotatable bonds is 9. The smallest absolute Gasteiger partial charge is 0.234 e. The molecule has 0 aliphatic carbocycles. The molecule has 30 heavy (non-hydrogen) atoms. The molecule has 1 N–H and O–H groups in total. The summed E-state index contributed by atoms with van der Waals surface area (Å²) in [5.74, 6) is 1.77. The fourth-order valence-corrected chi connectivity index (χ4v) is 4.59. The van der Waals surface area contributed by atoms with Gasteiger partial charge in [0, 0.05) is 27.4 Å². The van der Waals surface area contributed by atoms with Crippen LogP contribution in [0.5, 0.6) is 5.75 Å². The Hall–Kier alpha value is -2.29. The van der Waals surface area contributed by atoms with E-state index in [4.69, 9.17) is 16.3 Å². The number of methoxy groups -OCH3 is 1. The Bertz CT molecular complexity index is 1050. The third-order valence-electron chi connectivity index (χ3n) is 4.24. The summed E-state index contributed by atoms with van der Waals surface area (Å²) in [6, 6.07) is 7.22. The second-order valence-corrected chi connectivity index (χ2v) is 9.10. The van der Waals surface area contributed by atoms with Crippen LogP contribution in [0.15, 0.2) is 47.5 Å². The van der Waals surface area contributed by atoms with Gasteiger partial charge >= 0.3 is 0 Å². The van der Waals surface area contributed by atoms with Gasteiger partial charge in [-0.1, -0.05) is 43.3 Å². The van der Waals surface area contributed by atoms with Gasteiger partial charge in [-0.15, -0.1) is 28.1 Å². The van der Waals surface area contributed by atoms with Crippen LogP contribution in [-0.4, -0.2) is 33.5 Å². The first-order chi connectivity index (χ1) is 14.4. The lowest BCUT2D eigenvalue weighted by molar-refractivity contribution is -0.113. The van der Waals surface area contributed by atoms with Gasteiger partial charge in [0.1, 0.15) is 5.75 Å². The molecule has 158 valence electrons. The number of thioether (sulfide) groups is 1. The van der Waals surface area contributed by atoms with Crippen molar-refractivity contribution in [1.29, 1.82) is 0 Å². The van der Waals surface area contributed by atoms with Gasteiger partial charge in [-0.05, 0) is 30.2 Å². The predicted octanol–water partition coefficient (Wildman–Crippen LogP) is 5.71. The third-order valence-corrected chi connectivity index (χ3v) is 6.68. The van der Waals surface area contributed by atoms with Crippen LogP contribution in [0.25, 0.3) is 11.4 Å². The highest BCUT2D eigenvalue weighted by Gasteiger charge is 2.17. The molecule has 1 amide bonds. The molecule has 0 unspecified atom stereocenters. The van der Waals surface area contributed by atoms with E-state index >= 15 is 0 Å². The number of hydrogen-bond donors (Lipinski definition) is 1. The first-order valence-corrected chi connectivity index (χ1v) is 11.6. The largest absolute Gasteiger partial charge is 0.495 e. The maximum atomic E-state index is 12.5. The summed E-state index contributed by atoms with van der Waals surface area (Å²) >= 11 is 9.06. The monoisotopic (exact) mass is 462 g/mol. The lowest BCUT2D eigenvalue weighted by Crippen LogP contribution is -2.15. The number of ether oxygens (including phenoxy) is 1. The van der Waals surface area contributed by atoms with Crippen molar-refractivity contribution in [3.8, 4) is 17.1 Å². The number of nitrogens with zero attached hydrogens (tertiary/aromatic N) is 3. The highest BCUT2D eigenvalue weighted by Crippen LogP contribution is 2.31. The molecule has 0 saturated heterocycles. The number of halogens is 1. The quantitative estimate of drug-likeness (QED) is 0.326. The van der Waals surface area contributed by atoms with Crippen LogP contribution < -0.4 is 10.1 Å². The van der Waals surface area contributed by atoms with E-state index in [9.17, 15) is 4.79 Å². The Labute approximate surface area is 189 Å². The van der Waals surface area contributed by atoms with Gasteiger partial charge in [0.15, 0.2) is 11.0 Å². The molecule has 0 aliphatic rings. The first-order valence-electron chi connectivity index (χ1n) is 9.32. The summed E-state index contributed by atoms with van der Waals surface area (Å²) in [6.45, 7) is 8.72. The van der Waals surface area contributed by atoms with E-state index in [2.05, 4.69) is 47.4 Å². The van der Waals surface area contributed by atoms with Crippen LogP contribution in [-0.2, 0) is 11.3 Å². The Morgan fingerprint density at radius 1 is 1.40 bits per heavy atom. The van der Waals surface area contributed by atoms with Crippen molar-refractivity contribution in [2.75, 3.05) is 18.2 Å². The molecule has 3 rings (SSSR count). The van der Waals surface area contributed by atoms with Crippen LogP contribution in [0, 0.1) is 0 Å². The second-order valence-electron chi connectivity index (χ2n) is 6.78. The standard InChI is InChI=1S/C21H23ClN4O2S2/c1-5-8-26-20(14-9-18(13(2)3)29-11-14)24-25-21(26)30-12-19(27)23-16-10-15(22)6-7-17(16)28-4/h5-7,9-11,13H,1,8,12H2,2-4H3,(H,23,27). The van der Waals surface area contributed by atoms with E-state index in [0.29, 0.717) is 34.1 Å². The molecule has 3 aromatic rings. The van der Waals surface area contributed by atoms with Gasteiger partial charge in [0.05, 0.1) is 18.6 Å². The Morgan fingerprint density at radius 3 is 2.87 bits per heavy atom. The SMILES string of the molecule is C=CCn1c(SCC(=O)Nc2cc(Cl)ccc2OC)nnc1-c1csc(C(C)C)c1. The van der Waals surface area contributed by atoms with E-state index in [1.807, 2.05) is 4.57 Å². The number of allylic oxidation sites excluding steroid dienone is 1. The Morgan fingerprint density at radius 2 is 2.20 bits per heavy atom. The topological polar surface area (TPSA) is 69.0 Å². The summed E-state index contributed by atoms with van der Waals surface area (Å²) in [4.78, 5) is 13.8. The van der Waals surface area contributed by atoms with E-state index in [0.717, 1.165) is 11.4 Å². The molecule has 9 heteroatoms. The molecule has 0 spiro atoms. The fraction of sp³-hybridized carbons (Fsp3) is 0.286. The molecule has 0 atom stereocenters. The van der Waals surface area contributed by atoms with Crippen LogP contribution in [0.4, 0.5) is 5.69 Å². The zero-order chi connectivity index (χ0) is 21.7. The molecule has 2 heterocycles. The molecule has 2 aromatic heterocycles. The van der Waals surface area contributed by atoms with E-state index in [1.165, 1.54) is 16.6 Å². The average Bonchev–Trinajstić information content (AvgIpc) is 3.34. The highest BCUT2D eigenvalue weighted by molar-refractivity contribution is 7.99. The summed E-state index contributed by atoms with van der Waals surface area (Å²) in [5, 5.41) is 14.8. The van der Waals surface area contributed by atoms with Gasteiger partial charge in [-0.25, -0.2) is 0 Å². The summed E-state index contributed by atoms with van der Waals surface area (Å²) in [6.07, 6.45) is 1.80. The summed E-state index contributed by atoms with van der Waals surface area (Å²) < 4.78 is 7.24. The maximum absolute atomic E-state index is 12.5. The van der Waals surface area contributed by atoms with Crippen molar-refractivity contribution >= 4 is 46.3 Å². The number of hydrogen-bond acceptors (Lipinski definition) is 6. The van der Waals surface area contributed by atoms with Gasteiger partial charge in [-0.3, -0.25) is 9.36 Å². The minimum atomic E-state index is -0.187. The number of aromatic nitrogens is 3. The van der Waals surface area contributed by atoms with Crippen molar-refractivity contribution < 1.29 is 9.53 Å². The molecular formula is C21H23ClN4O2S2. The zero-order valence-electron chi connectivity index (χ0n) is 17.0. The Kier molecular flexibility index (Phi) is 7.58. The minimum Gasteiger partial charge on any atom is -0.495 e. The number of carbonyl (C=O) groups excluding carboxylic acids is 1. The van der Waals surface area contributed by atoms with Crippen molar-refractivity contribution in [2.24, 2.45) is 0 Å².